The van der Waals surface area contributed by atoms with Gasteiger partial charge in [-0.2, -0.15) is 0 Å². The van der Waals surface area contributed by atoms with Crippen LogP contribution in [0.4, 0.5) is 4.39 Å². The zero-order chi connectivity index (χ0) is 23.0. The summed E-state index contributed by atoms with van der Waals surface area (Å²) in [6.45, 7) is 1.98. The molecule has 10 heteroatoms. The molecule has 31 heavy (non-hydrogen) atoms. The Morgan fingerprint density at radius 3 is 2.42 bits per heavy atom. The van der Waals surface area contributed by atoms with Gasteiger partial charge in [-0.05, 0) is 56.4 Å². The van der Waals surface area contributed by atoms with E-state index in [9.17, 15) is 21.2 Å². The lowest BCUT2D eigenvalue weighted by atomic mass is 10.1. The number of halogens is 2. The molecular weight excluding hydrogens is 463 g/mol. The van der Waals surface area contributed by atoms with Gasteiger partial charge in [-0.3, -0.25) is 0 Å². The van der Waals surface area contributed by atoms with E-state index < -0.39 is 47.4 Å². The molecule has 0 spiro atoms. The van der Waals surface area contributed by atoms with Crippen molar-refractivity contribution in [2.75, 3.05) is 32.1 Å². The second-order valence-electron chi connectivity index (χ2n) is 8.14. The molecule has 0 bridgehead atoms. The van der Waals surface area contributed by atoms with Gasteiger partial charge in [0.05, 0.1) is 16.8 Å². The van der Waals surface area contributed by atoms with Crippen LogP contribution in [-0.2, 0) is 19.7 Å². The number of likely N-dealkylation sites (N-methyl/N-ethyl adjacent to an activating group) is 1. The van der Waals surface area contributed by atoms with E-state index in [-0.39, 0.29) is 11.8 Å². The Morgan fingerprint density at radius 2 is 1.81 bits per heavy atom. The van der Waals surface area contributed by atoms with Crippen LogP contribution in [-0.4, -0.2) is 65.2 Å². The van der Waals surface area contributed by atoms with Gasteiger partial charge in [0.15, 0.2) is 19.7 Å². The molecule has 1 saturated heterocycles. The van der Waals surface area contributed by atoms with Gasteiger partial charge >= 0.3 is 0 Å². The molecule has 1 aliphatic rings. The van der Waals surface area contributed by atoms with E-state index in [2.05, 4.69) is 5.32 Å². The Kier molecular flexibility index (Phi) is 7.12. The molecule has 0 radical (unpaired) electrons. The maximum atomic E-state index is 14.3. The van der Waals surface area contributed by atoms with Crippen LogP contribution in [0.2, 0.25) is 5.02 Å². The lowest BCUT2D eigenvalue weighted by Crippen LogP contribution is -2.46. The smallest absolute Gasteiger partial charge is 0.186 e. The third-order valence-corrected chi connectivity index (χ3v) is 9.96. The van der Waals surface area contributed by atoms with Crippen molar-refractivity contribution >= 4 is 31.3 Å². The van der Waals surface area contributed by atoms with E-state index in [4.69, 9.17) is 11.6 Å². The summed E-state index contributed by atoms with van der Waals surface area (Å²) in [5.74, 6) is -1.72. The number of rotatable bonds is 7. The summed E-state index contributed by atoms with van der Waals surface area (Å²) >= 11 is 5.97. The maximum absolute atomic E-state index is 14.3. The van der Waals surface area contributed by atoms with Gasteiger partial charge in [-0.25, -0.2) is 21.2 Å². The highest BCUT2D eigenvalue weighted by molar-refractivity contribution is 7.96. The van der Waals surface area contributed by atoms with Crippen molar-refractivity contribution < 1.29 is 21.2 Å². The van der Waals surface area contributed by atoms with Gasteiger partial charge in [0.25, 0.3) is 0 Å². The minimum absolute atomic E-state index is 0.139. The first-order valence-electron chi connectivity index (χ1n) is 9.76. The lowest BCUT2D eigenvalue weighted by molar-refractivity contribution is 0.282. The van der Waals surface area contributed by atoms with Crippen molar-refractivity contribution in [2.45, 2.75) is 29.2 Å². The third-order valence-electron chi connectivity index (χ3n) is 5.54. The number of hydrogen-bond donors (Lipinski definition) is 1. The van der Waals surface area contributed by atoms with Gasteiger partial charge in [0.2, 0.25) is 0 Å². The van der Waals surface area contributed by atoms with Crippen molar-refractivity contribution in [3.8, 4) is 0 Å². The van der Waals surface area contributed by atoms with Crippen LogP contribution in [0.5, 0.6) is 0 Å². The largest absolute Gasteiger partial charge is 0.310 e. The minimum atomic E-state index is -4.20. The highest BCUT2D eigenvalue weighted by Crippen LogP contribution is 2.29. The van der Waals surface area contributed by atoms with Crippen LogP contribution in [0.15, 0.2) is 47.4 Å². The summed E-state index contributed by atoms with van der Waals surface area (Å²) in [5, 5.41) is 2.47. The first-order chi connectivity index (χ1) is 14.4. The summed E-state index contributed by atoms with van der Waals surface area (Å²) in [7, 11) is -4.04. The van der Waals surface area contributed by atoms with Gasteiger partial charge < -0.3 is 10.2 Å². The Hall–Kier alpha value is -1.52. The van der Waals surface area contributed by atoms with Crippen molar-refractivity contribution in [1.29, 1.82) is 0 Å². The summed E-state index contributed by atoms with van der Waals surface area (Å²) < 4.78 is 65.5. The van der Waals surface area contributed by atoms with E-state index in [1.165, 1.54) is 12.1 Å². The molecule has 0 aliphatic carbocycles. The highest BCUT2D eigenvalue weighted by Gasteiger charge is 2.46. The van der Waals surface area contributed by atoms with Crippen LogP contribution in [0, 0.1) is 12.7 Å². The average molecular weight is 489 g/mol. The second-order valence-corrected chi connectivity index (χ2v) is 12.9. The predicted octanol–water partition coefficient (Wildman–Crippen LogP) is 2.62. The average Bonchev–Trinajstić information content (AvgIpc) is 3.00. The fourth-order valence-electron chi connectivity index (χ4n) is 3.85. The summed E-state index contributed by atoms with van der Waals surface area (Å²) in [5.41, 5.74) is 1.53. The maximum Gasteiger partial charge on any atom is 0.186 e. The quantitative estimate of drug-likeness (QED) is 0.645. The molecular formula is C21H26ClFN2O4S2. The number of sulfone groups is 2. The van der Waals surface area contributed by atoms with Crippen LogP contribution in [0.25, 0.3) is 0 Å². The summed E-state index contributed by atoms with van der Waals surface area (Å²) in [6.07, 6.45) is 0. The Bertz CT molecular complexity index is 1150. The first-order valence-corrected chi connectivity index (χ1v) is 13.5. The first kappa shape index (κ1) is 24.1. The standard InChI is InChI=1S/C21H26ClFN2O4S2/c1-14-4-9-17(23)20(10-14)31(28,29)21-13-30(26,27)12-18(21)24-11-19(25(2)3)15-5-7-16(22)8-6-15/h4-10,18-19,21,24H,11-13H2,1-3H3/t18-,19?,21-/m0/s1. The molecule has 3 rings (SSSR count). The second kappa shape index (κ2) is 9.15. The molecule has 1 fully saturated rings. The molecule has 1 N–H and O–H groups in total. The Morgan fingerprint density at radius 1 is 1.16 bits per heavy atom. The number of hydrogen-bond acceptors (Lipinski definition) is 6. The fraction of sp³-hybridized carbons (Fsp3) is 0.429. The van der Waals surface area contributed by atoms with Gasteiger partial charge in [0, 0.05) is 23.7 Å². The summed E-state index contributed by atoms with van der Waals surface area (Å²) in [4.78, 5) is 1.49. The molecule has 2 aromatic carbocycles. The Balaban J connectivity index is 1.88. The number of nitrogens with zero attached hydrogens (tertiary/aromatic N) is 1. The monoisotopic (exact) mass is 488 g/mol. The summed E-state index contributed by atoms with van der Waals surface area (Å²) in [6, 6.07) is 10.1. The topological polar surface area (TPSA) is 83.5 Å². The molecule has 1 aliphatic heterocycles. The van der Waals surface area contributed by atoms with Gasteiger partial charge in [0.1, 0.15) is 10.7 Å². The fourth-order valence-corrected chi connectivity index (χ4v) is 8.84. The molecule has 0 amide bonds. The van der Waals surface area contributed by atoms with E-state index >= 15 is 0 Å². The Labute approximate surface area is 188 Å². The molecule has 0 saturated carbocycles. The third kappa shape index (κ3) is 5.46. The highest BCUT2D eigenvalue weighted by atomic mass is 35.5. The van der Waals surface area contributed by atoms with Gasteiger partial charge in [-0.15, -0.1) is 0 Å². The van der Waals surface area contributed by atoms with Crippen molar-refractivity contribution in [1.82, 2.24) is 10.2 Å². The molecule has 2 aromatic rings. The number of nitrogens with one attached hydrogen (secondary N) is 1. The molecule has 3 atom stereocenters. The molecule has 0 aromatic heterocycles. The van der Waals surface area contributed by atoms with Crippen molar-refractivity contribution in [3.05, 3.63) is 64.4 Å². The molecule has 1 unspecified atom stereocenters. The SMILES string of the molecule is Cc1ccc(F)c(S(=O)(=O)[C@H]2CS(=O)(=O)C[C@@H]2NCC(c2ccc(Cl)cc2)N(C)C)c1. The normalized spacial score (nSPS) is 22.0. The molecule has 170 valence electrons. The van der Waals surface area contributed by atoms with E-state index in [0.717, 1.165) is 11.6 Å². The van der Waals surface area contributed by atoms with Crippen LogP contribution < -0.4 is 5.32 Å². The number of benzene rings is 2. The molecule has 1 heterocycles. The molecule has 6 nitrogen and oxygen atoms in total. The number of aryl methyl sites for hydroxylation is 1. The van der Waals surface area contributed by atoms with E-state index in [0.29, 0.717) is 17.1 Å². The van der Waals surface area contributed by atoms with Crippen molar-refractivity contribution in [3.63, 3.8) is 0 Å². The van der Waals surface area contributed by atoms with Crippen LogP contribution >= 0.6 is 11.6 Å². The lowest BCUT2D eigenvalue weighted by Gasteiger charge is -2.28. The minimum Gasteiger partial charge on any atom is -0.310 e. The van der Waals surface area contributed by atoms with E-state index in [1.54, 1.807) is 19.1 Å². The van der Waals surface area contributed by atoms with Crippen molar-refractivity contribution in [2.24, 2.45) is 0 Å². The van der Waals surface area contributed by atoms with Crippen LogP contribution in [0.3, 0.4) is 0 Å². The zero-order valence-electron chi connectivity index (χ0n) is 17.5. The zero-order valence-corrected chi connectivity index (χ0v) is 19.9. The predicted molar refractivity (Wildman–Crippen MR) is 120 cm³/mol. The van der Waals surface area contributed by atoms with Crippen LogP contribution in [0.1, 0.15) is 17.2 Å². The van der Waals surface area contributed by atoms with Gasteiger partial charge in [-0.1, -0.05) is 29.8 Å². The van der Waals surface area contributed by atoms with E-state index in [1.807, 2.05) is 31.1 Å².